The van der Waals surface area contributed by atoms with Gasteiger partial charge < -0.3 is 15.5 Å². The SMILES string of the molecule is CC(C)(N)CC(=O)N1CC2(CCN(c3ncnc4sc(CC(F)(F)F)cc34)CC2)C1. The first kappa shape index (κ1) is 21.3. The Hall–Kier alpha value is -1.94. The van der Waals surface area contributed by atoms with E-state index in [1.807, 2.05) is 18.7 Å². The molecule has 1 amide bonds. The predicted molar refractivity (Wildman–Crippen MR) is 111 cm³/mol. The van der Waals surface area contributed by atoms with E-state index in [0.29, 0.717) is 22.5 Å². The Bertz CT molecular complexity index is 936. The van der Waals surface area contributed by atoms with Gasteiger partial charge in [-0.25, -0.2) is 9.97 Å². The van der Waals surface area contributed by atoms with Crippen LogP contribution in [0.1, 0.15) is 38.0 Å². The lowest BCUT2D eigenvalue weighted by molar-refractivity contribution is -0.145. The first-order valence-electron chi connectivity index (χ1n) is 10.0. The highest BCUT2D eigenvalue weighted by Gasteiger charge is 2.47. The van der Waals surface area contributed by atoms with Crippen LogP contribution in [0, 0.1) is 5.41 Å². The van der Waals surface area contributed by atoms with Crippen LogP contribution < -0.4 is 10.6 Å². The number of hydrogen-bond donors (Lipinski definition) is 1. The highest BCUT2D eigenvalue weighted by atomic mass is 32.1. The second-order valence-corrected chi connectivity index (χ2v) is 10.4. The van der Waals surface area contributed by atoms with Crippen LogP contribution in [0.25, 0.3) is 10.2 Å². The molecule has 4 rings (SSSR count). The van der Waals surface area contributed by atoms with E-state index in [9.17, 15) is 18.0 Å². The summed E-state index contributed by atoms with van der Waals surface area (Å²) >= 11 is 1.07. The van der Waals surface area contributed by atoms with Crippen molar-refractivity contribution in [2.45, 2.75) is 51.2 Å². The molecule has 0 aliphatic carbocycles. The molecule has 2 aliphatic rings. The third kappa shape index (κ3) is 4.54. The molecular weight excluding hydrogens is 415 g/mol. The Morgan fingerprint density at radius 3 is 2.50 bits per heavy atom. The molecule has 164 valence electrons. The minimum Gasteiger partial charge on any atom is -0.356 e. The molecule has 0 radical (unpaired) electrons. The van der Waals surface area contributed by atoms with Crippen LogP contribution in [-0.4, -0.2) is 58.7 Å². The molecule has 10 heteroatoms. The summed E-state index contributed by atoms with van der Waals surface area (Å²) in [4.78, 5) is 25.7. The van der Waals surface area contributed by atoms with Gasteiger partial charge in [-0.2, -0.15) is 13.2 Å². The van der Waals surface area contributed by atoms with E-state index in [0.717, 1.165) is 50.4 Å². The third-order valence-corrected chi connectivity index (χ3v) is 6.91. The van der Waals surface area contributed by atoms with Gasteiger partial charge in [0.05, 0.1) is 11.8 Å². The van der Waals surface area contributed by atoms with E-state index in [1.54, 1.807) is 6.07 Å². The van der Waals surface area contributed by atoms with Crippen molar-refractivity contribution in [3.05, 3.63) is 17.3 Å². The van der Waals surface area contributed by atoms with Crippen LogP contribution in [0.15, 0.2) is 12.4 Å². The van der Waals surface area contributed by atoms with Gasteiger partial charge in [0, 0.05) is 48.4 Å². The standard InChI is InChI=1S/C20H26F3N5OS/c1-18(2,24)9-15(29)28-10-19(11-28)3-5-27(6-4-19)16-14-7-13(8-20(21,22)23)30-17(14)26-12-25-16/h7,12H,3-6,8-11,24H2,1-2H3. The molecule has 0 aromatic carbocycles. The van der Waals surface area contributed by atoms with E-state index >= 15 is 0 Å². The lowest BCUT2D eigenvalue weighted by Gasteiger charge is -2.54. The summed E-state index contributed by atoms with van der Waals surface area (Å²) in [6.07, 6.45) is -1.57. The smallest absolute Gasteiger partial charge is 0.356 e. The molecule has 2 aromatic heterocycles. The zero-order chi connectivity index (χ0) is 21.7. The summed E-state index contributed by atoms with van der Waals surface area (Å²) in [6.45, 7) is 6.74. The molecule has 4 heterocycles. The maximum Gasteiger partial charge on any atom is 0.393 e. The van der Waals surface area contributed by atoms with Crippen molar-refractivity contribution in [2.75, 3.05) is 31.1 Å². The van der Waals surface area contributed by atoms with Crippen LogP contribution in [-0.2, 0) is 11.2 Å². The first-order chi connectivity index (χ1) is 13.9. The van der Waals surface area contributed by atoms with Crippen molar-refractivity contribution in [3.63, 3.8) is 0 Å². The summed E-state index contributed by atoms with van der Waals surface area (Å²) in [5.41, 5.74) is 5.58. The topological polar surface area (TPSA) is 75.4 Å². The normalized spacial score (nSPS) is 19.4. The molecule has 1 spiro atoms. The number of thiophene rings is 1. The summed E-state index contributed by atoms with van der Waals surface area (Å²) < 4.78 is 38.3. The number of halogens is 3. The summed E-state index contributed by atoms with van der Waals surface area (Å²) in [7, 11) is 0. The fourth-order valence-electron chi connectivity index (χ4n) is 4.38. The first-order valence-corrected chi connectivity index (χ1v) is 10.9. The van der Waals surface area contributed by atoms with Gasteiger partial charge in [-0.15, -0.1) is 11.3 Å². The van der Waals surface area contributed by atoms with Crippen LogP contribution >= 0.6 is 11.3 Å². The van der Waals surface area contributed by atoms with Gasteiger partial charge in [0.25, 0.3) is 0 Å². The van der Waals surface area contributed by atoms with Crippen molar-refractivity contribution >= 4 is 33.3 Å². The molecule has 0 saturated carbocycles. The van der Waals surface area contributed by atoms with Gasteiger partial charge in [0.2, 0.25) is 5.91 Å². The van der Waals surface area contributed by atoms with E-state index < -0.39 is 18.1 Å². The number of carbonyl (C=O) groups is 1. The molecule has 30 heavy (non-hydrogen) atoms. The monoisotopic (exact) mass is 441 g/mol. The van der Waals surface area contributed by atoms with Crippen LogP contribution in [0.3, 0.4) is 0 Å². The van der Waals surface area contributed by atoms with E-state index in [2.05, 4.69) is 14.9 Å². The zero-order valence-corrected chi connectivity index (χ0v) is 17.9. The average Bonchev–Trinajstić information content (AvgIpc) is 2.98. The number of likely N-dealkylation sites (tertiary alicyclic amines) is 1. The summed E-state index contributed by atoms with van der Waals surface area (Å²) in [6, 6.07) is 1.57. The number of rotatable bonds is 4. The minimum absolute atomic E-state index is 0.100. The van der Waals surface area contributed by atoms with Crippen molar-refractivity contribution in [1.82, 2.24) is 14.9 Å². The van der Waals surface area contributed by atoms with E-state index in [4.69, 9.17) is 5.73 Å². The van der Waals surface area contributed by atoms with Crippen molar-refractivity contribution < 1.29 is 18.0 Å². The average molecular weight is 442 g/mol. The van der Waals surface area contributed by atoms with Gasteiger partial charge in [0.1, 0.15) is 17.0 Å². The molecule has 2 aliphatic heterocycles. The van der Waals surface area contributed by atoms with Crippen LogP contribution in [0.2, 0.25) is 0 Å². The van der Waals surface area contributed by atoms with Gasteiger partial charge in [-0.1, -0.05) is 0 Å². The molecule has 0 bridgehead atoms. The number of nitrogens with two attached hydrogens (primary N) is 1. The number of piperidine rings is 1. The fourth-order valence-corrected chi connectivity index (χ4v) is 5.40. The molecule has 0 unspecified atom stereocenters. The van der Waals surface area contributed by atoms with Gasteiger partial charge in [-0.3, -0.25) is 4.79 Å². The number of nitrogens with zero attached hydrogens (tertiary/aromatic N) is 4. The molecule has 2 aromatic rings. The summed E-state index contributed by atoms with van der Waals surface area (Å²) in [5, 5.41) is 0.688. The predicted octanol–water partition coefficient (Wildman–Crippen LogP) is 3.35. The number of amides is 1. The number of fused-ring (bicyclic) bond motifs is 1. The highest BCUT2D eigenvalue weighted by molar-refractivity contribution is 7.18. The highest BCUT2D eigenvalue weighted by Crippen LogP contribution is 2.43. The van der Waals surface area contributed by atoms with Crippen LogP contribution in [0.4, 0.5) is 19.0 Å². The molecule has 2 fully saturated rings. The van der Waals surface area contributed by atoms with E-state index in [1.165, 1.54) is 6.33 Å². The molecule has 6 nitrogen and oxygen atoms in total. The van der Waals surface area contributed by atoms with Crippen molar-refractivity contribution in [3.8, 4) is 0 Å². The van der Waals surface area contributed by atoms with Crippen molar-refractivity contribution in [1.29, 1.82) is 0 Å². The fraction of sp³-hybridized carbons (Fsp3) is 0.650. The second kappa shape index (κ2) is 7.33. The van der Waals surface area contributed by atoms with Crippen molar-refractivity contribution in [2.24, 2.45) is 11.1 Å². The second-order valence-electron chi connectivity index (χ2n) is 9.32. The number of anilines is 1. The maximum atomic E-state index is 12.8. The molecule has 0 atom stereocenters. The quantitative estimate of drug-likeness (QED) is 0.788. The lowest BCUT2D eigenvalue weighted by atomic mass is 9.71. The summed E-state index contributed by atoms with van der Waals surface area (Å²) in [5.74, 6) is 0.806. The van der Waals surface area contributed by atoms with Crippen LogP contribution in [0.5, 0.6) is 0 Å². The van der Waals surface area contributed by atoms with Gasteiger partial charge >= 0.3 is 6.18 Å². The number of carbonyl (C=O) groups excluding carboxylic acids is 1. The van der Waals surface area contributed by atoms with Gasteiger partial charge in [0.15, 0.2) is 0 Å². The Kier molecular flexibility index (Phi) is 5.21. The number of hydrogen-bond acceptors (Lipinski definition) is 6. The van der Waals surface area contributed by atoms with Gasteiger partial charge in [-0.05, 0) is 32.8 Å². The maximum absolute atomic E-state index is 12.8. The Morgan fingerprint density at radius 2 is 1.90 bits per heavy atom. The zero-order valence-electron chi connectivity index (χ0n) is 17.1. The Morgan fingerprint density at radius 1 is 1.23 bits per heavy atom. The molecule has 2 N–H and O–H groups in total. The Balaban J connectivity index is 1.40. The largest absolute Gasteiger partial charge is 0.393 e. The Labute approximate surface area is 177 Å². The third-order valence-electron chi connectivity index (χ3n) is 5.87. The minimum atomic E-state index is -4.24. The molecular formula is C20H26F3N5OS. The number of alkyl halides is 3. The number of aromatic nitrogens is 2. The van der Waals surface area contributed by atoms with E-state index in [-0.39, 0.29) is 16.2 Å². The molecule has 2 saturated heterocycles. The lowest BCUT2D eigenvalue weighted by Crippen LogP contribution is -2.62.